The molecule has 2 aromatic heterocycles. The molecule has 0 radical (unpaired) electrons. The number of ketones is 1. The first kappa shape index (κ1) is 28.5. The Hall–Kier alpha value is -3.06. The van der Waals surface area contributed by atoms with Crippen molar-refractivity contribution in [2.45, 2.75) is 56.8 Å². The molecule has 0 amide bonds. The number of hydrogen-bond donors (Lipinski definition) is 3. The monoisotopic (exact) mass is 556 g/mol. The van der Waals surface area contributed by atoms with Crippen LogP contribution in [-0.4, -0.2) is 38.2 Å². The number of hydrogen-bond acceptors (Lipinski definition) is 9. The summed E-state index contributed by atoms with van der Waals surface area (Å²) in [5, 5.41) is 14.0. The van der Waals surface area contributed by atoms with Crippen molar-refractivity contribution in [3.63, 3.8) is 0 Å². The number of aromatic amines is 1. The number of benzene rings is 1. The first-order valence-electron chi connectivity index (χ1n) is 11.7. The molecule has 13 heteroatoms. The second kappa shape index (κ2) is 13.5. The van der Waals surface area contributed by atoms with Crippen LogP contribution in [-0.2, 0) is 6.18 Å². The molecule has 8 nitrogen and oxygen atoms in total. The number of thiazole rings is 1. The van der Waals surface area contributed by atoms with Crippen molar-refractivity contribution in [1.82, 2.24) is 15.0 Å². The first-order chi connectivity index (χ1) is 17.7. The molecule has 0 saturated carbocycles. The van der Waals surface area contributed by atoms with E-state index in [1.807, 2.05) is 0 Å². The average Bonchev–Trinajstić information content (AvgIpc) is 3.30. The second-order valence-corrected chi connectivity index (χ2v) is 9.93. The summed E-state index contributed by atoms with van der Waals surface area (Å²) in [6.45, 7) is 2.33. The van der Waals surface area contributed by atoms with Crippen molar-refractivity contribution in [2.24, 2.45) is 0 Å². The van der Waals surface area contributed by atoms with Gasteiger partial charge in [0.1, 0.15) is 11.4 Å². The highest BCUT2D eigenvalue weighted by Gasteiger charge is 2.34. The highest BCUT2D eigenvalue weighted by Crippen LogP contribution is 2.38. The summed E-state index contributed by atoms with van der Waals surface area (Å²) < 4.78 is 46.4. The molecule has 3 rings (SSSR count). The van der Waals surface area contributed by atoms with Crippen LogP contribution in [0, 0.1) is 0 Å². The van der Waals surface area contributed by atoms with Gasteiger partial charge in [0.05, 0.1) is 24.0 Å². The summed E-state index contributed by atoms with van der Waals surface area (Å²) in [7, 11) is 0. The number of carbonyl (C=O) groups excluding carboxylic acids is 1. The van der Waals surface area contributed by atoms with Gasteiger partial charge in [-0.25, -0.2) is 4.98 Å². The van der Waals surface area contributed by atoms with Gasteiger partial charge in [0, 0.05) is 11.1 Å². The van der Waals surface area contributed by atoms with Crippen molar-refractivity contribution < 1.29 is 27.8 Å². The molecule has 0 aliphatic heterocycles. The highest BCUT2D eigenvalue weighted by atomic mass is 32.2. The third kappa shape index (κ3) is 9.08. The molecule has 1 aromatic carbocycles. The van der Waals surface area contributed by atoms with Crippen LogP contribution < -0.4 is 15.6 Å². The van der Waals surface area contributed by atoms with Crippen LogP contribution >= 0.6 is 23.1 Å². The van der Waals surface area contributed by atoms with Gasteiger partial charge in [-0.1, -0.05) is 50.8 Å². The van der Waals surface area contributed by atoms with Gasteiger partial charge in [0.25, 0.3) is 5.56 Å². The molecule has 0 atom stereocenters. The maximum absolute atomic E-state index is 13.7. The highest BCUT2D eigenvalue weighted by molar-refractivity contribution is 7.99. The summed E-state index contributed by atoms with van der Waals surface area (Å²) >= 11 is 1.98. The number of nitrogens with zero attached hydrogens (tertiary/aromatic N) is 2. The molecular formula is C24H27F3N4O4S2. The molecule has 0 spiro atoms. The summed E-state index contributed by atoms with van der Waals surface area (Å²) in [4.78, 5) is 34.1. The van der Waals surface area contributed by atoms with E-state index in [4.69, 9.17) is 4.74 Å². The van der Waals surface area contributed by atoms with Crippen molar-refractivity contribution in [1.29, 1.82) is 0 Å². The summed E-state index contributed by atoms with van der Waals surface area (Å²) in [5.74, 6) is -1.18. The standard InChI is InChI=1S/C24H27F3N4O4S2/c1-2-3-4-5-6-7-10-35-19-9-8-15(11-16(19)24(25,26)27)28-22-29-17(13-36-22)18(32)14-37-23-30-20(33)12-21(34)31-23/h8-9,11-13H,2-7,10,14H2,1H3,(H,28,29)(H2,30,31,33,34). The van der Waals surface area contributed by atoms with Crippen molar-refractivity contribution in [2.75, 3.05) is 17.7 Å². The molecule has 0 unspecified atom stereocenters. The molecule has 37 heavy (non-hydrogen) atoms. The van der Waals surface area contributed by atoms with Gasteiger partial charge in [0.2, 0.25) is 5.88 Å². The zero-order valence-corrected chi connectivity index (χ0v) is 21.7. The van der Waals surface area contributed by atoms with E-state index in [0.29, 0.717) is 6.42 Å². The quantitative estimate of drug-likeness (QED) is 0.0903. The van der Waals surface area contributed by atoms with Gasteiger partial charge < -0.3 is 20.1 Å². The van der Waals surface area contributed by atoms with E-state index in [1.54, 1.807) is 0 Å². The largest absolute Gasteiger partial charge is 0.493 e. The number of halogens is 3. The summed E-state index contributed by atoms with van der Waals surface area (Å²) in [5.41, 5.74) is -1.18. The van der Waals surface area contributed by atoms with Gasteiger partial charge >= 0.3 is 6.18 Å². The van der Waals surface area contributed by atoms with E-state index in [2.05, 4.69) is 27.2 Å². The Morgan fingerprint density at radius 1 is 1.16 bits per heavy atom. The number of nitrogens with one attached hydrogen (secondary N) is 2. The van der Waals surface area contributed by atoms with Crippen LogP contribution in [0.1, 0.15) is 61.5 Å². The zero-order chi connectivity index (χ0) is 26.8. The summed E-state index contributed by atoms with van der Waals surface area (Å²) in [6, 6.07) is 4.61. The van der Waals surface area contributed by atoms with E-state index >= 15 is 0 Å². The van der Waals surface area contributed by atoms with Gasteiger partial charge in [-0.2, -0.15) is 18.2 Å². The number of anilines is 2. The molecule has 0 fully saturated rings. The SMILES string of the molecule is CCCCCCCCOc1ccc(Nc2nc(C(=O)CSc3nc(O)cc(=O)[nH]3)cs2)cc1C(F)(F)F. The fourth-order valence-electron chi connectivity index (χ4n) is 3.30. The Labute approximate surface area is 219 Å². The van der Waals surface area contributed by atoms with E-state index in [-0.39, 0.29) is 45.6 Å². The predicted molar refractivity (Wildman–Crippen MR) is 137 cm³/mol. The third-order valence-electron chi connectivity index (χ3n) is 5.13. The Morgan fingerprint density at radius 2 is 1.92 bits per heavy atom. The average molecular weight is 557 g/mol. The third-order valence-corrected chi connectivity index (χ3v) is 6.76. The smallest absolute Gasteiger partial charge is 0.420 e. The van der Waals surface area contributed by atoms with Gasteiger partial charge in [-0.3, -0.25) is 9.59 Å². The van der Waals surface area contributed by atoms with E-state index in [0.717, 1.165) is 67.3 Å². The van der Waals surface area contributed by atoms with Crippen LogP contribution in [0.4, 0.5) is 24.0 Å². The number of thioether (sulfide) groups is 1. The number of rotatable bonds is 14. The lowest BCUT2D eigenvalue weighted by Crippen LogP contribution is -2.10. The van der Waals surface area contributed by atoms with E-state index in [1.165, 1.54) is 17.5 Å². The molecular weight excluding hydrogens is 529 g/mol. The van der Waals surface area contributed by atoms with Crippen LogP contribution in [0.25, 0.3) is 0 Å². The second-order valence-electron chi connectivity index (χ2n) is 8.11. The van der Waals surface area contributed by atoms with E-state index < -0.39 is 23.2 Å². The summed E-state index contributed by atoms with van der Waals surface area (Å²) in [6.07, 6.45) is 1.43. The number of Topliss-reactive ketones (excluding diaryl/α,β-unsaturated/α-hetero) is 1. The molecule has 2 heterocycles. The normalized spacial score (nSPS) is 11.5. The maximum atomic E-state index is 13.7. The zero-order valence-electron chi connectivity index (χ0n) is 20.1. The van der Waals surface area contributed by atoms with Crippen molar-refractivity contribution in [3.05, 3.63) is 51.3 Å². The van der Waals surface area contributed by atoms with Crippen LogP contribution in [0.3, 0.4) is 0 Å². The van der Waals surface area contributed by atoms with Crippen molar-refractivity contribution in [3.8, 4) is 11.6 Å². The Morgan fingerprint density at radius 3 is 2.65 bits per heavy atom. The Balaban J connectivity index is 1.59. The van der Waals surface area contributed by atoms with Crippen LogP contribution in [0.15, 0.2) is 39.6 Å². The minimum Gasteiger partial charge on any atom is -0.493 e. The minimum atomic E-state index is -4.60. The first-order valence-corrected chi connectivity index (χ1v) is 13.5. The Kier molecular flexibility index (Phi) is 10.4. The van der Waals surface area contributed by atoms with E-state index in [9.17, 15) is 27.9 Å². The number of unbranched alkanes of at least 4 members (excludes halogenated alkanes) is 5. The minimum absolute atomic E-state index is 0.0745. The fourth-order valence-corrected chi connectivity index (χ4v) is 4.78. The number of aromatic hydroxyl groups is 1. The number of ether oxygens (including phenoxy) is 1. The number of H-pyrrole nitrogens is 1. The molecule has 0 bridgehead atoms. The predicted octanol–water partition coefficient (Wildman–Crippen LogP) is 6.41. The van der Waals surface area contributed by atoms with Gasteiger partial charge in [0.15, 0.2) is 16.1 Å². The number of alkyl halides is 3. The van der Waals surface area contributed by atoms with Crippen molar-refractivity contribution >= 4 is 39.7 Å². The van der Waals surface area contributed by atoms with Crippen LogP contribution in [0.2, 0.25) is 0 Å². The molecule has 0 aliphatic rings. The Bertz CT molecular complexity index is 1250. The lowest BCUT2D eigenvalue weighted by atomic mass is 10.1. The molecule has 0 aliphatic carbocycles. The fraction of sp³-hybridized carbons (Fsp3) is 0.417. The topological polar surface area (TPSA) is 117 Å². The van der Waals surface area contributed by atoms with Gasteiger partial charge in [-0.15, -0.1) is 11.3 Å². The lowest BCUT2D eigenvalue weighted by Gasteiger charge is -2.15. The van der Waals surface area contributed by atoms with Crippen LogP contribution in [0.5, 0.6) is 11.6 Å². The molecule has 200 valence electrons. The lowest BCUT2D eigenvalue weighted by molar-refractivity contribution is -0.138. The molecule has 3 aromatic rings. The molecule has 3 N–H and O–H groups in total. The molecule has 0 saturated heterocycles. The number of carbonyl (C=O) groups is 1. The van der Waals surface area contributed by atoms with Gasteiger partial charge in [-0.05, 0) is 24.6 Å². The number of aromatic nitrogens is 3. The maximum Gasteiger partial charge on any atom is 0.420 e.